The van der Waals surface area contributed by atoms with Crippen LogP contribution in [0.3, 0.4) is 0 Å². The Morgan fingerprint density at radius 2 is 2.12 bits per heavy atom. The highest BCUT2D eigenvalue weighted by molar-refractivity contribution is 8.01. The van der Waals surface area contributed by atoms with Crippen molar-refractivity contribution in [1.82, 2.24) is 4.90 Å². The first-order valence-corrected chi connectivity index (χ1v) is 9.03. The second-order valence-corrected chi connectivity index (χ2v) is 8.12. The number of fused-ring (bicyclic) bond motifs is 1. The molecule has 1 aromatic rings. The van der Waals surface area contributed by atoms with Crippen LogP contribution in [0.1, 0.15) is 41.3 Å². The number of thioether (sulfide) groups is 1. The zero-order chi connectivity index (χ0) is 17.5. The van der Waals surface area contributed by atoms with Gasteiger partial charge in [-0.3, -0.25) is 9.59 Å². The number of benzene rings is 1. The summed E-state index contributed by atoms with van der Waals surface area (Å²) in [5, 5.41) is 0. The van der Waals surface area contributed by atoms with Crippen molar-refractivity contribution in [2.45, 2.75) is 44.5 Å². The van der Waals surface area contributed by atoms with Gasteiger partial charge in [0.15, 0.2) is 6.61 Å². The zero-order valence-electron chi connectivity index (χ0n) is 14.1. The van der Waals surface area contributed by atoms with E-state index < -0.39 is 12.0 Å². The van der Waals surface area contributed by atoms with Crippen molar-refractivity contribution in [1.29, 1.82) is 0 Å². The lowest BCUT2D eigenvalue weighted by atomic mass is 10.0. The summed E-state index contributed by atoms with van der Waals surface area (Å²) in [5.74, 6) is -0.185. The van der Waals surface area contributed by atoms with Gasteiger partial charge in [-0.15, -0.1) is 11.8 Å². The van der Waals surface area contributed by atoms with E-state index >= 15 is 0 Å². The molecule has 2 heterocycles. The number of nitrogens with zero attached hydrogens (tertiary/aromatic N) is 1. The van der Waals surface area contributed by atoms with Gasteiger partial charge in [-0.1, -0.05) is 17.7 Å². The van der Waals surface area contributed by atoms with Crippen LogP contribution in [0.15, 0.2) is 18.2 Å². The van der Waals surface area contributed by atoms with Gasteiger partial charge < -0.3 is 9.64 Å². The van der Waals surface area contributed by atoms with Crippen LogP contribution in [0, 0.1) is 13.8 Å². The van der Waals surface area contributed by atoms with Crippen molar-refractivity contribution >= 4 is 29.4 Å². The Morgan fingerprint density at radius 3 is 2.88 bits per heavy atom. The predicted molar refractivity (Wildman–Crippen MR) is 91.9 cm³/mol. The molecule has 0 saturated carbocycles. The Morgan fingerprint density at radius 1 is 1.38 bits per heavy atom. The maximum atomic E-state index is 12.4. The standard InChI is InChI=1S/C18H21NO4S/c1-11-4-5-12(2)13(8-11)15(20)9-23-17(22)14-10-24-18(3)7-6-16(21)19(14)18/h4-5,8,14H,6-7,9-10H2,1-3H3/t14-,18-/m1/s1. The number of Topliss-reactive ketones (excluding diaryl/α,β-unsaturated/α-hetero) is 1. The van der Waals surface area contributed by atoms with Crippen molar-refractivity contribution in [2.24, 2.45) is 0 Å². The van der Waals surface area contributed by atoms with Crippen LogP contribution >= 0.6 is 11.8 Å². The molecule has 24 heavy (non-hydrogen) atoms. The molecule has 1 aromatic carbocycles. The normalized spacial score (nSPS) is 25.7. The van der Waals surface area contributed by atoms with Crippen LogP contribution in [0.5, 0.6) is 0 Å². The smallest absolute Gasteiger partial charge is 0.330 e. The molecule has 0 aliphatic carbocycles. The second-order valence-electron chi connectivity index (χ2n) is 6.61. The number of rotatable bonds is 4. The summed E-state index contributed by atoms with van der Waals surface area (Å²) < 4.78 is 5.24. The number of amides is 1. The minimum absolute atomic E-state index is 0.00898. The van der Waals surface area contributed by atoms with E-state index in [-0.39, 0.29) is 23.2 Å². The summed E-state index contributed by atoms with van der Waals surface area (Å²) in [6.45, 7) is 5.47. The summed E-state index contributed by atoms with van der Waals surface area (Å²) in [4.78, 5) is 38.1. The Labute approximate surface area is 145 Å². The van der Waals surface area contributed by atoms with Gasteiger partial charge in [0.05, 0.1) is 4.87 Å². The fraction of sp³-hybridized carbons (Fsp3) is 0.500. The van der Waals surface area contributed by atoms with Gasteiger partial charge in [0.25, 0.3) is 0 Å². The van der Waals surface area contributed by atoms with Gasteiger partial charge >= 0.3 is 5.97 Å². The third kappa shape index (κ3) is 2.95. The molecule has 0 aromatic heterocycles. The number of ketones is 1. The third-order valence-electron chi connectivity index (χ3n) is 4.76. The van der Waals surface area contributed by atoms with Gasteiger partial charge in [-0.05, 0) is 38.8 Å². The van der Waals surface area contributed by atoms with E-state index in [1.165, 1.54) is 0 Å². The molecule has 0 spiro atoms. The molecule has 128 valence electrons. The summed E-state index contributed by atoms with van der Waals surface area (Å²) in [7, 11) is 0. The lowest BCUT2D eigenvalue weighted by Gasteiger charge is -2.29. The average Bonchev–Trinajstić information content (AvgIpc) is 3.03. The number of carbonyl (C=O) groups excluding carboxylic acids is 3. The average molecular weight is 347 g/mol. The number of carbonyl (C=O) groups is 3. The lowest BCUT2D eigenvalue weighted by Crippen LogP contribution is -2.46. The molecular formula is C18H21NO4S. The molecule has 2 atom stereocenters. The molecule has 5 nitrogen and oxygen atoms in total. The van der Waals surface area contributed by atoms with E-state index in [2.05, 4.69) is 0 Å². The number of aryl methyl sites for hydroxylation is 2. The van der Waals surface area contributed by atoms with E-state index in [4.69, 9.17) is 4.74 Å². The van der Waals surface area contributed by atoms with E-state index in [9.17, 15) is 14.4 Å². The number of hydrogen-bond acceptors (Lipinski definition) is 5. The van der Waals surface area contributed by atoms with Gasteiger partial charge in [-0.2, -0.15) is 0 Å². The van der Waals surface area contributed by atoms with Crippen LogP contribution in [0.2, 0.25) is 0 Å². The largest absolute Gasteiger partial charge is 0.456 e. The summed E-state index contributed by atoms with van der Waals surface area (Å²) in [6, 6.07) is 5.04. The van der Waals surface area contributed by atoms with Gasteiger partial charge in [0.1, 0.15) is 6.04 Å². The summed E-state index contributed by atoms with van der Waals surface area (Å²) in [5.41, 5.74) is 2.42. The van der Waals surface area contributed by atoms with E-state index in [0.717, 1.165) is 17.5 Å². The Balaban J connectivity index is 1.65. The predicted octanol–water partition coefficient (Wildman–Crippen LogP) is 2.48. The van der Waals surface area contributed by atoms with Crippen molar-refractivity contribution in [3.8, 4) is 0 Å². The van der Waals surface area contributed by atoms with Crippen molar-refractivity contribution < 1.29 is 19.1 Å². The fourth-order valence-electron chi connectivity index (χ4n) is 3.34. The first-order valence-electron chi connectivity index (χ1n) is 8.05. The van der Waals surface area contributed by atoms with Gasteiger partial charge in [-0.25, -0.2) is 4.79 Å². The highest BCUT2D eigenvalue weighted by Gasteiger charge is 2.53. The molecule has 6 heteroatoms. The van der Waals surface area contributed by atoms with Crippen LogP contribution in [0.25, 0.3) is 0 Å². The highest BCUT2D eigenvalue weighted by atomic mass is 32.2. The quantitative estimate of drug-likeness (QED) is 0.618. The molecule has 2 saturated heterocycles. The summed E-state index contributed by atoms with van der Waals surface area (Å²) in [6.07, 6.45) is 1.22. The third-order valence-corrected chi connectivity index (χ3v) is 6.26. The van der Waals surface area contributed by atoms with Crippen LogP contribution < -0.4 is 0 Å². The molecule has 2 fully saturated rings. The van der Waals surface area contributed by atoms with E-state index in [0.29, 0.717) is 17.7 Å². The highest BCUT2D eigenvalue weighted by Crippen LogP contribution is 2.47. The summed E-state index contributed by atoms with van der Waals surface area (Å²) >= 11 is 1.61. The maximum Gasteiger partial charge on any atom is 0.330 e. The second kappa shape index (κ2) is 6.24. The first-order chi connectivity index (χ1) is 11.3. The molecule has 0 unspecified atom stereocenters. The first kappa shape index (κ1) is 17.0. The fourth-order valence-corrected chi connectivity index (χ4v) is 4.76. The Bertz CT molecular complexity index is 717. The molecule has 2 aliphatic rings. The molecule has 0 bridgehead atoms. The Hall–Kier alpha value is -1.82. The Kier molecular flexibility index (Phi) is 4.42. The zero-order valence-corrected chi connectivity index (χ0v) is 14.9. The minimum Gasteiger partial charge on any atom is -0.456 e. The number of ether oxygens (including phenoxy) is 1. The molecular weight excluding hydrogens is 326 g/mol. The lowest BCUT2D eigenvalue weighted by molar-refractivity contribution is -0.152. The molecule has 2 aliphatic heterocycles. The van der Waals surface area contributed by atoms with E-state index in [1.807, 2.05) is 32.9 Å². The molecule has 3 rings (SSSR count). The van der Waals surface area contributed by atoms with Crippen LogP contribution in [-0.4, -0.2) is 45.8 Å². The topological polar surface area (TPSA) is 63.7 Å². The van der Waals surface area contributed by atoms with E-state index in [1.54, 1.807) is 22.7 Å². The maximum absolute atomic E-state index is 12.4. The van der Waals surface area contributed by atoms with Crippen LogP contribution in [-0.2, 0) is 14.3 Å². The minimum atomic E-state index is -0.582. The number of esters is 1. The molecule has 0 N–H and O–H groups in total. The number of hydrogen-bond donors (Lipinski definition) is 0. The van der Waals surface area contributed by atoms with Crippen molar-refractivity contribution in [2.75, 3.05) is 12.4 Å². The van der Waals surface area contributed by atoms with Crippen molar-refractivity contribution in [3.05, 3.63) is 34.9 Å². The van der Waals surface area contributed by atoms with Gasteiger partial charge in [0.2, 0.25) is 11.7 Å². The van der Waals surface area contributed by atoms with Crippen LogP contribution in [0.4, 0.5) is 0 Å². The van der Waals surface area contributed by atoms with Gasteiger partial charge in [0, 0.05) is 17.7 Å². The SMILES string of the molecule is Cc1ccc(C)c(C(=O)COC(=O)[C@H]2CS[C@]3(C)CCC(=O)N23)c1. The molecule has 0 radical (unpaired) electrons. The molecule has 1 amide bonds. The van der Waals surface area contributed by atoms with Crippen molar-refractivity contribution in [3.63, 3.8) is 0 Å². The monoisotopic (exact) mass is 347 g/mol.